The number of amides is 1. The van der Waals surface area contributed by atoms with Gasteiger partial charge in [0, 0.05) is 65.4 Å². The van der Waals surface area contributed by atoms with Gasteiger partial charge in [0.1, 0.15) is 0 Å². The number of piperazine rings is 1. The van der Waals surface area contributed by atoms with E-state index >= 15 is 0 Å². The van der Waals surface area contributed by atoms with E-state index in [1.54, 1.807) is 6.92 Å². The molecule has 1 amide bonds. The molecule has 3 saturated heterocycles. The van der Waals surface area contributed by atoms with Gasteiger partial charge < -0.3 is 14.5 Å². The number of nitrogens with zero attached hydrogens (tertiary/aromatic N) is 3. The largest absolute Gasteiger partial charge is 0.375 e. The molecule has 0 N–H and O–H groups in total. The van der Waals surface area contributed by atoms with Crippen LogP contribution in [0.15, 0.2) is 0 Å². The average molecular weight is 338 g/mol. The summed E-state index contributed by atoms with van der Waals surface area (Å²) in [4.78, 5) is 18.9. The predicted octanol–water partition coefficient (Wildman–Crippen LogP) is 1.82. The fourth-order valence-electron chi connectivity index (χ4n) is 4.72. The van der Waals surface area contributed by atoms with Gasteiger partial charge in [-0.05, 0) is 31.6 Å². The van der Waals surface area contributed by atoms with Gasteiger partial charge >= 0.3 is 0 Å². The minimum Gasteiger partial charge on any atom is -0.375 e. The van der Waals surface area contributed by atoms with Crippen molar-refractivity contribution < 1.29 is 9.53 Å². The van der Waals surface area contributed by atoms with Crippen LogP contribution in [0.4, 0.5) is 0 Å². The molecule has 0 saturated carbocycles. The lowest BCUT2D eigenvalue weighted by molar-refractivity contribution is -0.148. The molecule has 3 rings (SSSR count). The van der Waals surface area contributed by atoms with Gasteiger partial charge in [-0.15, -0.1) is 0 Å². The van der Waals surface area contributed by atoms with Crippen molar-refractivity contribution in [2.24, 2.45) is 5.92 Å². The fourth-order valence-corrected chi connectivity index (χ4v) is 4.72. The van der Waals surface area contributed by atoms with E-state index in [1.807, 2.05) is 4.90 Å². The Morgan fingerprint density at radius 3 is 2.38 bits per heavy atom. The molecule has 3 fully saturated rings. The number of ether oxygens (including phenoxy) is 1. The van der Waals surface area contributed by atoms with Gasteiger partial charge in [-0.1, -0.05) is 13.8 Å². The van der Waals surface area contributed by atoms with Crippen LogP contribution in [0.25, 0.3) is 0 Å². The number of carbonyl (C=O) groups excluding carboxylic acids is 1. The molecule has 3 aliphatic heterocycles. The first-order valence-electron chi connectivity index (χ1n) is 9.83. The molecule has 0 aromatic carbocycles. The number of carbonyl (C=O) groups is 1. The van der Waals surface area contributed by atoms with Crippen LogP contribution in [0.5, 0.6) is 0 Å². The first-order chi connectivity index (χ1) is 11.5. The molecule has 0 radical (unpaired) electrons. The topological polar surface area (TPSA) is 36.0 Å². The standard InChI is InChI=1S/C19H35N3O2/c1-16(2)15-20-9-11-22(12-10-20)18-4-13-24-19(14-18)5-7-21(8-6-19)17(3)23/h16,18H,4-15H2,1-3H3/t18-/m1/s1. The third kappa shape index (κ3) is 4.30. The van der Waals surface area contributed by atoms with Crippen molar-refractivity contribution in [3.8, 4) is 0 Å². The summed E-state index contributed by atoms with van der Waals surface area (Å²) in [5.74, 6) is 0.966. The Labute approximate surface area is 147 Å². The highest BCUT2D eigenvalue weighted by Crippen LogP contribution is 2.37. The third-order valence-electron chi connectivity index (χ3n) is 6.13. The second-order valence-corrected chi connectivity index (χ2v) is 8.41. The Kier molecular flexibility index (Phi) is 5.83. The molecule has 0 bridgehead atoms. The van der Waals surface area contributed by atoms with Crippen molar-refractivity contribution in [1.29, 1.82) is 0 Å². The average Bonchev–Trinajstić information content (AvgIpc) is 2.55. The molecule has 0 aromatic heterocycles. The van der Waals surface area contributed by atoms with Crippen LogP contribution in [0.3, 0.4) is 0 Å². The number of likely N-dealkylation sites (tertiary alicyclic amines) is 1. The molecule has 1 atom stereocenters. The second kappa shape index (κ2) is 7.71. The summed E-state index contributed by atoms with van der Waals surface area (Å²) in [5.41, 5.74) is 0.0317. The maximum Gasteiger partial charge on any atom is 0.219 e. The Morgan fingerprint density at radius 1 is 1.12 bits per heavy atom. The van der Waals surface area contributed by atoms with E-state index in [4.69, 9.17) is 4.74 Å². The van der Waals surface area contributed by atoms with E-state index in [9.17, 15) is 4.79 Å². The van der Waals surface area contributed by atoms with Gasteiger partial charge in [0.05, 0.1) is 5.60 Å². The van der Waals surface area contributed by atoms with Crippen LogP contribution >= 0.6 is 0 Å². The Bertz CT molecular complexity index is 424. The van der Waals surface area contributed by atoms with Gasteiger partial charge in [0.15, 0.2) is 0 Å². The van der Waals surface area contributed by atoms with Crippen LogP contribution in [0, 0.1) is 5.92 Å². The third-order valence-corrected chi connectivity index (χ3v) is 6.13. The van der Waals surface area contributed by atoms with Crippen LogP contribution in [-0.4, -0.2) is 84.7 Å². The summed E-state index contributed by atoms with van der Waals surface area (Å²) in [6.45, 7) is 15.0. The molecule has 1 spiro atoms. The first-order valence-corrected chi connectivity index (χ1v) is 9.83. The predicted molar refractivity (Wildman–Crippen MR) is 96.0 cm³/mol. The number of rotatable bonds is 3. The lowest BCUT2D eigenvalue weighted by Crippen LogP contribution is -2.57. The molecular formula is C19H35N3O2. The van der Waals surface area contributed by atoms with Gasteiger partial charge in [-0.2, -0.15) is 0 Å². The smallest absolute Gasteiger partial charge is 0.219 e. The quantitative estimate of drug-likeness (QED) is 0.787. The molecule has 138 valence electrons. The van der Waals surface area contributed by atoms with Gasteiger partial charge in [-0.25, -0.2) is 0 Å². The van der Waals surface area contributed by atoms with Gasteiger partial charge in [-0.3, -0.25) is 9.69 Å². The molecule has 3 aliphatic rings. The van der Waals surface area contributed by atoms with E-state index < -0.39 is 0 Å². The summed E-state index contributed by atoms with van der Waals surface area (Å²) in [7, 11) is 0. The first kappa shape index (κ1) is 18.2. The van der Waals surface area contributed by atoms with Crippen molar-refractivity contribution in [3.63, 3.8) is 0 Å². The van der Waals surface area contributed by atoms with E-state index in [2.05, 4.69) is 23.6 Å². The van der Waals surface area contributed by atoms with Crippen LogP contribution in [0.2, 0.25) is 0 Å². The molecule has 0 unspecified atom stereocenters. The Hall–Kier alpha value is -0.650. The lowest BCUT2D eigenvalue weighted by atomic mass is 9.81. The summed E-state index contributed by atoms with van der Waals surface area (Å²) in [5, 5.41) is 0. The second-order valence-electron chi connectivity index (χ2n) is 8.41. The van der Waals surface area contributed by atoms with Crippen molar-refractivity contribution >= 4 is 5.91 Å². The maximum atomic E-state index is 11.6. The normalized spacial score (nSPS) is 29.3. The fraction of sp³-hybridized carbons (Fsp3) is 0.947. The lowest BCUT2D eigenvalue weighted by Gasteiger charge is -2.49. The number of hydrogen-bond acceptors (Lipinski definition) is 4. The summed E-state index contributed by atoms with van der Waals surface area (Å²) >= 11 is 0. The minimum atomic E-state index is 0.0317. The van der Waals surface area contributed by atoms with Crippen molar-refractivity contribution in [2.75, 3.05) is 52.4 Å². The van der Waals surface area contributed by atoms with Crippen LogP contribution < -0.4 is 0 Å². The van der Waals surface area contributed by atoms with Crippen molar-refractivity contribution in [3.05, 3.63) is 0 Å². The Morgan fingerprint density at radius 2 is 1.79 bits per heavy atom. The molecule has 24 heavy (non-hydrogen) atoms. The molecular weight excluding hydrogens is 302 g/mol. The van der Waals surface area contributed by atoms with E-state index in [0.29, 0.717) is 6.04 Å². The van der Waals surface area contributed by atoms with Gasteiger partial charge in [0.25, 0.3) is 0 Å². The molecule has 5 nitrogen and oxygen atoms in total. The van der Waals surface area contributed by atoms with Crippen LogP contribution in [-0.2, 0) is 9.53 Å². The summed E-state index contributed by atoms with van der Waals surface area (Å²) < 4.78 is 6.25. The van der Waals surface area contributed by atoms with Gasteiger partial charge in [0.2, 0.25) is 5.91 Å². The molecule has 0 aliphatic carbocycles. The zero-order valence-electron chi connectivity index (χ0n) is 15.8. The van der Waals surface area contributed by atoms with E-state index in [-0.39, 0.29) is 11.5 Å². The zero-order valence-corrected chi connectivity index (χ0v) is 15.8. The van der Waals surface area contributed by atoms with E-state index in [0.717, 1.165) is 44.9 Å². The van der Waals surface area contributed by atoms with Crippen LogP contribution in [0.1, 0.15) is 46.5 Å². The highest BCUT2D eigenvalue weighted by molar-refractivity contribution is 5.73. The SMILES string of the molecule is CC(=O)N1CCC2(CC1)C[C@H](N1CCN(CC(C)C)CC1)CCO2. The maximum absolute atomic E-state index is 11.6. The monoisotopic (exact) mass is 337 g/mol. The molecule has 0 aromatic rings. The zero-order chi connectivity index (χ0) is 17.2. The highest BCUT2D eigenvalue weighted by Gasteiger charge is 2.42. The Balaban J connectivity index is 1.51. The number of hydrogen-bond donors (Lipinski definition) is 0. The number of piperidine rings is 1. The summed E-state index contributed by atoms with van der Waals surface area (Å²) in [6, 6.07) is 0.670. The van der Waals surface area contributed by atoms with Crippen molar-refractivity contribution in [2.45, 2.75) is 58.1 Å². The molecule has 3 heterocycles. The van der Waals surface area contributed by atoms with E-state index in [1.165, 1.54) is 39.1 Å². The summed E-state index contributed by atoms with van der Waals surface area (Å²) in [6.07, 6.45) is 4.35. The highest BCUT2D eigenvalue weighted by atomic mass is 16.5. The molecule has 5 heteroatoms. The minimum absolute atomic E-state index is 0.0317. The van der Waals surface area contributed by atoms with Crippen molar-refractivity contribution in [1.82, 2.24) is 14.7 Å².